The Morgan fingerprint density at radius 3 is 2.25 bits per heavy atom. The van der Waals surface area contributed by atoms with Gasteiger partial charge in [-0.2, -0.15) is 0 Å². The Kier molecular flexibility index (Phi) is 6.37. The molecule has 0 spiro atoms. The normalized spacial score (nSPS) is 17.3. The molecular weight excluding hydrogens is 304 g/mol. The van der Waals surface area contributed by atoms with Crippen LogP contribution in [-0.4, -0.2) is 31.1 Å². The van der Waals surface area contributed by atoms with Crippen LogP contribution in [0.1, 0.15) is 63.5 Å². The Labute approximate surface area is 144 Å². The molecule has 1 aromatic rings. The van der Waals surface area contributed by atoms with Crippen molar-refractivity contribution in [3.8, 4) is 0 Å². The van der Waals surface area contributed by atoms with Crippen LogP contribution >= 0.6 is 0 Å². The summed E-state index contributed by atoms with van der Waals surface area (Å²) in [6.07, 6.45) is 1.96. The standard InChI is InChI=1S/C19H28N2O3/c1-12(2)15-8-5-9-16(13(3)4)17(15)21-19(23)18(22)20-11-14-7-6-10-24-14/h5,8-9,12-14H,6-7,10-11H2,1-4H3,(H,20,22)(H,21,23). The number of rotatable bonds is 5. The maximum absolute atomic E-state index is 12.3. The van der Waals surface area contributed by atoms with Crippen LogP contribution in [0, 0.1) is 0 Å². The molecule has 1 heterocycles. The Morgan fingerprint density at radius 1 is 1.12 bits per heavy atom. The van der Waals surface area contributed by atoms with Crippen molar-refractivity contribution in [1.29, 1.82) is 0 Å². The highest BCUT2D eigenvalue weighted by Crippen LogP contribution is 2.32. The summed E-state index contributed by atoms with van der Waals surface area (Å²) in [5, 5.41) is 5.49. The van der Waals surface area contributed by atoms with Crippen LogP contribution in [0.15, 0.2) is 18.2 Å². The third-order valence-electron chi connectivity index (χ3n) is 4.33. The summed E-state index contributed by atoms with van der Waals surface area (Å²) in [6.45, 7) is 9.42. The zero-order valence-electron chi connectivity index (χ0n) is 15.0. The summed E-state index contributed by atoms with van der Waals surface area (Å²) in [4.78, 5) is 24.4. The average Bonchev–Trinajstić information content (AvgIpc) is 3.05. The molecule has 132 valence electrons. The van der Waals surface area contributed by atoms with Crippen LogP contribution in [0.5, 0.6) is 0 Å². The predicted octanol–water partition coefficient (Wildman–Crippen LogP) is 3.17. The fourth-order valence-corrected chi connectivity index (χ4v) is 2.96. The number of para-hydroxylation sites is 1. The van der Waals surface area contributed by atoms with Gasteiger partial charge in [0.2, 0.25) is 0 Å². The second-order valence-corrected chi connectivity index (χ2v) is 6.92. The first kappa shape index (κ1) is 18.5. The summed E-state index contributed by atoms with van der Waals surface area (Å²) < 4.78 is 5.46. The number of carbonyl (C=O) groups is 2. The van der Waals surface area contributed by atoms with E-state index in [1.165, 1.54) is 0 Å². The van der Waals surface area contributed by atoms with Gasteiger partial charge in [-0.3, -0.25) is 9.59 Å². The monoisotopic (exact) mass is 332 g/mol. The van der Waals surface area contributed by atoms with Crippen molar-refractivity contribution < 1.29 is 14.3 Å². The molecule has 0 aliphatic carbocycles. The van der Waals surface area contributed by atoms with Crippen molar-refractivity contribution >= 4 is 17.5 Å². The number of hydrogen-bond acceptors (Lipinski definition) is 3. The first-order valence-corrected chi connectivity index (χ1v) is 8.73. The van der Waals surface area contributed by atoms with Crippen molar-refractivity contribution in [2.24, 2.45) is 0 Å². The van der Waals surface area contributed by atoms with Crippen LogP contribution in [0.4, 0.5) is 5.69 Å². The summed E-state index contributed by atoms with van der Waals surface area (Å²) in [5.41, 5.74) is 2.85. The van der Waals surface area contributed by atoms with E-state index in [-0.39, 0.29) is 17.9 Å². The Morgan fingerprint density at radius 2 is 1.75 bits per heavy atom. The molecule has 5 nitrogen and oxygen atoms in total. The average molecular weight is 332 g/mol. The maximum Gasteiger partial charge on any atom is 0.313 e. The summed E-state index contributed by atoms with van der Waals surface area (Å²) in [5.74, 6) is -0.718. The third kappa shape index (κ3) is 4.57. The smallest absolute Gasteiger partial charge is 0.313 e. The van der Waals surface area contributed by atoms with Crippen molar-refractivity contribution in [3.63, 3.8) is 0 Å². The lowest BCUT2D eigenvalue weighted by molar-refractivity contribution is -0.136. The van der Waals surface area contributed by atoms with Crippen LogP contribution in [0.25, 0.3) is 0 Å². The van der Waals surface area contributed by atoms with E-state index >= 15 is 0 Å². The molecule has 5 heteroatoms. The van der Waals surface area contributed by atoms with E-state index < -0.39 is 11.8 Å². The number of hydrogen-bond donors (Lipinski definition) is 2. The van der Waals surface area contributed by atoms with Gasteiger partial charge in [0.15, 0.2) is 0 Å². The quantitative estimate of drug-likeness (QED) is 0.814. The van der Waals surface area contributed by atoms with E-state index in [1.54, 1.807) is 0 Å². The molecule has 2 rings (SSSR count). The minimum atomic E-state index is -0.622. The van der Waals surface area contributed by atoms with Crippen LogP contribution in [0.2, 0.25) is 0 Å². The molecule has 0 bridgehead atoms. The zero-order valence-corrected chi connectivity index (χ0v) is 15.0. The van der Waals surface area contributed by atoms with E-state index in [9.17, 15) is 9.59 Å². The molecule has 1 atom stereocenters. The van der Waals surface area contributed by atoms with E-state index in [0.29, 0.717) is 6.54 Å². The van der Waals surface area contributed by atoms with E-state index in [1.807, 2.05) is 18.2 Å². The number of benzene rings is 1. The van der Waals surface area contributed by atoms with Gasteiger partial charge >= 0.3 is 11.8 Å². The van der Waals surface area contributed by atoms with Gasteiger partial charge in [-0.05, 0) is 35.8 Å². The highest BCUT2D eigenvalue weighted by atomic mass is 16.5. The molecule has 1 aromatic carbocycles. The minimum absolute atomic E-state index is 0.0240. The topological polar surface area (TPSA) is 67.4 Å². The molecule has 0 radical (unpaired) electrons. The van der Waals surface area contributed by atoms with Gasteiger partial charge in [0.05, 0.1) is 6.10 Å². The molecule has 1 unspecified atom stereocenters. The van der Waals surface area contributed by atoms with Gasteiger partial charge in [0, 0.05) is 18.8 Å². The molecule has 1 saturated heterocycles. The van der Waals surface area contributed by atoms with Gasteiger partial charge in [0.1, 0.15) is 0 Å². The minimum Gasteiger partial charge on any atom is -0.376 e. The SMILES string of the molecule is CC(C)c1cccc(C(C)C)c1NC(=O)C(=O)NCC1CCCO1. The number of carbonyl (C=O) groups excluding carboxylic acids is 2. The van der Waals surface area contributed by atoms with Gasteiger partial charge in [-0.25, -0.2) is 0 Å². The molecule has 1 aliphatic heterocycles. The van der Waals surface area contributed by atoms with E-state index in [2.05, 4.69) is 38.3 Å². The van der Waals surface area contributed by atoms with Crippen molar-refractivity contribution in [2.45, 2.75) is 58.5 Å². The fourth-order valence-electron chi connectivity index (χ4n) is 2.96. The molecule has 2 amide bonds. The Balaban J connectivity index is 2.08. The van der Waals surface area contributed by atoms with E-state index in [4.69, 9.17) is 4.74 Å². The van der Waals surface area contributed by atoms with Crippen LogP contribution in [-0.2, 0) is 14.3 Å². The highest BCUT2D eigenvalue weighted by Gasteiger charge is 2.22. The van der Waals surface area contributed by atoms with Crippen LogP contribution in [0.3, 0.4) is 0 Å². The van der Waals surface area contributed by atoms with Crippen molar-refractivity contribution in [1.82, 2.24) is 5.32 Å². The number of amides is 2. The number of anilines is 1. The second kappa shape index (κ2) is 8.29. The largest absolute Gasteiger partial charge is 0.376 e. The first-order valence-electron chi connectivity index (χ1n) is 8.73. The summed E-state index contributed by atoms with van der Waals surface area (Å²) in [6, 6.07) is 5.99. The molecule has 1 aliphatic rings. The summed E-state index contributed by atoms with van der Waals surface area (Å²) >= 11 is 0. The third-order valence-corrected chi connectivity index (χ3v) is 4.33. The predicted molar refractivity (Wildman–Crippen MR) is 95.2 cm³/mol. The van der Waals surface area contributed by atoms with Crippen molar-refractivity contribution in [2.75, 3.05) is 18.5 Å². The van der Waals surface area contributed by atoms with Crippen molar-refractivity contribution in [3.05, 3.63) is 29.3 Å². The van der Waals surface area contributed by atoms with Gasteiger partial charge in [-0.1, -0.05) is 45.9 Å². The lowest BCUT2D eigenvalue weighted by atomic mass is 9.92. The Bertz CT molecular complexity index is 564. The maximum atomic E-state index is 12.3. The summed E-state index contributed by atoms with van der Waals surface area (Å²) in [7, 11) is 0. The van der Waals surface area contributed by atoms with Gasteiger partial charge in [0.25, 0.3) is 0 Å². The highest BCUT2D eigenvalue weighted by molar-refractivity contribution is 6.39. The number of ether oxygens (including phenoxy) is 1. The molecule has 2 N–H and O–H groups in total. The molecular formula is C19H28N2O3. The lowest BCUT2D eigenvalue weighted by Crippen LogP contribution is -2.39. The van der Waals surface area contributed by atoms with Gasteiger partial charge < -0.3 is 15.4 Å². The van der Waals surface area contributed by atoms with Crippen LogP contribution < -0.4 is 10.6 Å². The molecule has 24 heavy (non-hydrogen) atoms. The second-order valence-electron chi connectivity index (χ2n) is 6.92. The molecule has 0 saturated carbocycles. The zero-order chi connectivity index (χ0) is 17.7. The molecule has 1 fully saturated rings. The Hall–Kier alpha value is -1.88. The van der Waals surface area contributed by atoms with E-state index in [0.717, 1.165) is 36.3 Å². The first-order chi connectivity index (χ1) is 11.4. The van der Waals surface area contributed by atoms with Gasteiger partial charge in [-0.15, -0.1) is 0 Å². The fraction of sp³-hybridized carbons (Fsp3) is 0.579. The lowest BCUT2D eigenvalue weighted by Gasteiger charge is -2.20. The molecule has 0 aromatic heterocycles. The number of nitrogens with one attached hydrogen (secondary N) is 2.